The molecule has 0 bridgehead atoms. The maximum atomic E-state index is 12.3. The van der Waals surface area contributed by atoms with Crippen LogP contribution in [0.1, 0.15) is 24.2 Å². The Morgan fingerprint density at radius 2 is 2.00 bits per heavy atom. The molecule has 1 rings (SSSR count). The smallest absolute Gasteiger partial charge is 0.254 e. The molecule has 5 nitrogen and oxygen atoms in total. The van der Waals surface area contributed by atoms with Gasteiger partial charge in [0.1, 0.15) is 0 Å². The summed E-state index contributed by atoms with van der Waals surface area (Å²) < 4.78 is 0.909. The number of hydrogen-bond acceptors (Lipinski definition) is 3. The minimum Gasteiger partial charge on any atom is -0.409 e. The van der Waals surface area contributed by atoms with Gasteiger partial charge in [0, 0.05) is 16.1 Å². The van der Waals surface area contributed by atoms with E-state index in [2.05, 4.69) is 21.1 Å². The Morgan fingerprint density at radius 3 is 2.44 bits per heavy atom. The third-order valence-corrected chi connectivity index (χ3v) is 2.96. The monoisotopic (exact) mass is 313 g/mol. The van der Waals surface area contributed by atoms with Crippen molar-refractivity contribution in [3.8, 4) is 0 Å². The van der Waals surface area contributed by atoms with Crippen LogP contribution >= 0.6 is 15.9 Å². The van der Waals surface area contributed by atoms with E-state index in [0.29, 0.717) is 5.56 Å². The van der Waals surface area contributed by atoms with Crippen molar-refractivity contribution in [3.05, 3.63) is 34.3 Å². The molecule has 0 saturated heterocycles. The van der Waals surface area contributed by atoms with E-state index in [4.69, 9.17) is 10.9 Å². The van der Waals surface area contributed by atoms with Crippen LogP contribution < -0.4 is 5.73 Å². The summed E-state index contributed by atoms with van der Waals surface area (Å²) in [6.07, 6.45) is 0. The van der Waals surface area contributed by atoms with E-state index in [1.807, 2.05) is 13.8 Å². The molecule has 0 fully saturated rings. The fraction of sp³-hybridized carbons (Fsp3) is 0.333. The van der Waals surface area contributed by atoms with Crippen molar-refractivity contribution in [2.45, 2.75) is 19.9 Å². The molecule has 0 aliphatic rings. The lowest BCUT2D eigenvalue weighted by Gasteiger charge is -2.26. The highest BCUT2D eigenvalue weighted by atomic mass is 79.9. The number of amides is 1. The fourth-order valence-corrected chi connectivity index (χ4v) is 1.72. The van der Waals surface area contributed by atoms with Gasteiger partial charge in [0.05, 0.1) is 6.54 Å². The summed E-state index contributed by atoms with van der Waals surface area (Å²) >= 11 is 3.31. The van der Waals surface area contributed by atoms with Gasteiger partial charge in [-0.3, -0.25) is 4.79 Å². The number of hydrogen-bond donors (Lipinski definition) is 2. The number of halogens is 1. The van der Waals surface area contributed by atoms with Gasteiger partial charge in [0.2, 0.25) is 0 Å². The van der Waals surface area contributed by atoms with E-state index in [9.17, 15) is 4.79 Å². The average Bonchev–Trinajstić information content (AvgIpc) is 2.35. The first-order chi connectivity index (χ1) is 8.45. The number of nitrogens with zero attached hydrogens (tertiary/aromatic N) is 2. The summed E-state index contributed by atoms with van der Waals surface area (Å²) in [6, 6.07) is 7.02. The third-order valence-electron chi connectivity index (χ3n) is 2.44. The second-order valence-corrected chi connectivity index (χ2v) is 5.04. The summed E-state index contributed by atoms with van der Waals surface area (Å²) in [5.41, 5.74) is 6.02. The molecule has 0 saturated carbocycles. The van der Waals surface area contributed by atoms with Crippen LogP contribution in [-0.4, -0.2) is 34.4 Å². The maximum absolute atomic E-state index is 12.3. The Labute approximate surface area is 114 Å². The number of carbonyl (C=O) groups is 1. The number of rotatable bonds is 4. The summed E-state index contributed by atoms with van der Waals surface area (Å²) in [4.78, 5) is 13.8. The van der Waals surface area contributed by atoms with Crippen molar-refractivity contribution in [1.29, 1.82) is 0 Å². The van der Waals surface area contributed by atoms with Crippen LogP contribution in [0.3, 0.4) is 0 Å². The lowest BCUT2D eigenvalue weighted by atomic mass is 10.1. The van der Waals surface area contributed by atoms with Crippen LogP contribution in [-0.2, 0) is 0 Å². The molecule has 0 radical (unpaired) electrons. The summed E-state index contributed by atoms with van der Waals surface area (Å²) in [5.74, 6) is -0.140. The maximum Gasteiger partial charge on any atom is 0.254 e. The number of amidine groups is 1. The number of benzene rings is 1. The van der Waals surface area contributed by atoms with Gasteiger partial charge in [0.15, 0.2) is 5.84 Å². The van der Waals surface area contributed by atoms with Crippen molar-refractivity contribution in [2.75, 3.05) is 6.54 Å². The summed E-state index contributed by atoms with van der Waals surface area (Å²) in [5, 5.41) is 11.5. The molecule has 18 heavy (non-hydrogen) atoms. The molecule has 3 N–H and O–H groups in total. The quantitative estimate of drug-likeness (QED) is 0.386. The van der Waals surface area contributed by atoms with Gasteiger partial charge < -0.3 is 15.8 Å². The van der Waals surface area contributed by atoms with Crippen molar-refractivity contribution >= 4 is 27.7 Å². The van der Waals surface area contributed by atoms with Gasteiger partial charge in [-0.25, -0.2) is 0 Å². The predicted octanol–water partition coefficient (Wildman–Crippen LogP) is 2.05. The normalized spacial score (nSPS) is 11.7. The van der Waals surface area contributed by atoms with Crippen molar-refractivity contribution in [3.63, 3.8) is 0 Å². The molecule has 0 spiro atoms. The molecule has 6 heteroatoms. The molecule has 0 unspecified atom stereocenters. The zero-order valence-corrected chi connectivity index (χ0v) is 11.9. The number of oxime groups is 1. The molecule has 0 atom stereocenters. The highest BCUT2D eigenvalue weighted by Gasteiger charge is 2.19. The number of nitrogens with two attached hydrogens (primary N) is 1. The van der Waals surface area contributed by atoms with Crippen molar-refractivity contribution < 1.29 is 10.0 Å². The van der Waals surface area contributed by atoms with Gasteiger partial charge in [-0.15, -0.1) is 0 Å². The first kappa shape index (κ1) is 14.5. The molecule has 0 aromatic heterocycles. The molecule has 0 aliphatic carbocycles. The minimum atomic E-state index is -0.149. The third kappa shape index (κ3) is 3.73. The Morgan fingerprint density at radius 1 is 1.44 bits per heavy atom. The standard InChI is InChI=1S/C12H16BrN3O2/c1-8(2)16(7-11(14)15-18)12(17)9-3-5-10(13)6-4-9/h3-6,8,18H,7H2,1-2H3,(H2,14,15). The van der Waals surface area contributed by atoms with E-state index in [1.165, 1.54) is 4.90 Å². The second kappa shape index (κ2) is 6.39. The van der Waals surface area contributed by atoms with Crippen LogP contribution in [0.15, 0.2) is 33.9 Å². The molecule has 1 aromatic carbocycles. The Kier molecular flexibility index (Phi) is 5.15. The lowest BCUT2D eigenvalue weighted by Crippen LogP contribution is -2.42. The molecular weight excluding hydrogens is 298 g/mol. The molecule has 1 aromatic rings. The van der Waals surface area contributed by atoms with Crippen LogP contribution in [0, 0.1) is 0 Å². The van der Waals surface area contributed by atoms with Crippen LogP contribution in [0.5, 0.6) is 0 Å². The van der Waals surface area contributed by atoms with Gasteiger partial charge in [-0.2, -0.15) is 0 Å². The Hall–Kier alpha value is -1.56. The Bertz CT molecular complexity index is 443. The zero-order valence-electron chi connectivity index (χ0n) is 10.3. The van der Waals surface area contributed by atoms with E-state index in [-0.39, 0.29) is 24.3 Å². The molecule has 98 valence electrons. The van der Waals surface area contributed by atoms with Crippen LogP contribution in [0.4, 0.5) is 0 Å². The van der Waals surface area contributed by atoms with Crippen molar-refractivity contribution in [1.82, 2.24) is 4.90 Å². The molecule has 1 amide bonds. The van der Waals surface area contributed by atoms with Gasteiger partial charge >= 0.3 is 0 Å². The lowest BCUT2D eigenvalue weighted by molar-refractivity contribution is 0.0734. The molecule has 0 heterocycles. The van der Waals surface area contributed by atoms with Crippen LogP contribution in [0.2, 0.25) is 0 Å². The van der Waals surface area contributed by atoms with Gasteiger partial charge in [-0.1, -0.05) is 21.1 Å². The first-order valence-corrected chi connectivity index (χ1v) is 6.28. The zero-order chi connectivity index (χ0) is 13.7. The largest absolute Gasteiger partial charge is 0.409 e. The minimum absolute atomic E-state index is 0.00848. The van der Waals surface area contributed by atoms with E-state index in [0.717, 1.165) is 4.47 Å². The van der Waals surface area contributed by atoms with Gasteiger partial charge in [-0.05, 0) is 38.1 Å². The number of carbonyl (C=O) groups excluding carboxylic acids is 1. The van der Waals surface area contributed by atoms with Crippen LogP contribution in [0.25, 0.3) is 0 Å². The topological polar surface area (TPSA) is 78.9 Å². The first-order valence-electron chi connectivity index (χ1n) is 5.48. The molecule has 0 aliphatic heterocycles. The fourth-order valence-electron chi connectivity index (χ4n) is 1.45. The second-order valence-electron chi connectivity index (χ2n) is 4.13. The highest BCUT2D eigenvalue weighted by Crippen LogP contribution is 2.13. The summed E-state index contributed by atoms with van der Waals surface area (Å²) in [6.45, 7) is 3.85. The predicted molar refractivity (Wildman–Crippen MR) is 73.7 cm³/mol. The van der Waals surface area contributed by atoms with E-state index in [1.54, 1.807) is 24.3 Å². The van der Waals surface area contributed by atoms with E-state index >= 15 is 0 Å². The SMILES string of the molecule is CC(C)N(CC(N)=NO)C(=O)c1ccc(Br)cc1. The average molecular weight is 314 g/mol. The van der Waals surface area contributed by atoms with Crippen molar-refractivity contribution in [2.24, 2.45) is 10.9 Å². The van der Waals surface area contributed by atoms with Gasteiger partial charge in [0.25, 0.3) is 5.91 Å². The molecular formula is C12H16BrN3O2. The van der Waals surface area contributed by atoms with E-state index < -0.39 is 0 Å². The summed E-state index contributed by atoms with van der Waals surface area (Å²) in [7, 11) is 0. The Balaban J connectivity index is 2.92. The highest BCUT2D eigenvalue weighted by molar-refractivity contribution is 9.10.